The van der Waals surface area contributed by atoms with E-state index in [9.17, 15) is 5.11 Å². The number of likely N-dealkylation sites (tertiary alicyclic amines) is 1. The first-order valence-electron chi connectivity index (χ1n) is 7.80. The Morgan fingerprint density at radius 1 is 1.14 bits per heavy atom. The van der Waals surface area contributed by atoms with Crippen molar-refractivity contribution in [2.75, 3.05) is 26.2 Å². The zero-order chi connectivity index (χ0) is 14.7. The van der Waals surface area contributed by atoms with Gasteiger partial charge >= 0.3 is 0 Å². The molecule has 3 heteroatoms. The zero-order valence-electron chi connectivity index (χ0n) is 12.6. The molecule has 112 valence electrons. The van der Waals surface area contributed by atoms with Crippen molar-refractivity contribution in [2.24, 2.45) is 0 Å². The molecule has 0 saturated carbocycles. The van der Waals surface area contributed by atoms with Crippen LogP contribution in [0.25, 0.3) is 10.8 Å². The Kier molecular flexibility index (Phi) is 4.42. The number of nitrogens with zero attached hydrogens (tertiary/aromatic N) is 1. The predicted molar refractivity (Wildman–Crippen MR) is 85.8 cm³/mol. The van der Waals surface area contributed by atoms with Crippen LogP contribution in [0.4, 0.5) is 0 Å². The van der Waals surface area contributed by atoms with Gasteiger partial charge in [-0.25, -0.2) is 0 Å². The summed E-state index contributed by atoms with van der Waals surface area (Å²) in [5, 5.41) is 12.2. The maximum absolute atomic E-state index is 9.98. The van der Waals surface area contributed by atoms with Gasteiger partial charge in [0.1, 0.15) is 12.4 Å². The largest absolute Gasteiger partial charge is 0.491 e. The fourth-order valence-electron chi connectivity index (χ4n) is 3.03. The highest BCUT2D eigenvalue weighted by atomic mass is 16.5. The zero-order valence-corrected chi connectivity index (χ0v) is 12.6. The Morgan fingerprint density at radius 2 is 1.90 bits per heavy atom. The maximum Gasteiger partial charge on any atom is 0.132 e. The van der Waals surface area contributed by atoms with Crippen molar-refractivity contribution in [1.82, 2.24) is 4.90 Å². The molecule has 21 heavy (non-hydrogen) atoms. The van der Waals surface area contributed by atoms with Crippen molar-refractivity contribution in [3.05, 3.63) is 42.0 Å². The fourth-order valence-corrected chi connectivity index (χ4v) is 3.03. The van der Waals surface area contributed by atoms with E-state index in [0.717, 1.165) is 28.6 Å². The van der Waals surface area contributed by atoms with Crippen LogP contribution in [0.15, 0.2) is 36.4 Å². The summed E-state index contributed by atoms with van der Waals surface area (Å²) < 4.78 is 6.07. The summed E-state index contributed by atoms with van der Waals surface area (Å²) in [6, 6.07) is 12.2. The summed E-state index contributed by atoms with van der Waals surface area (Å²) in [7, 11) is 0. The minimum Gasteiger partial charge on any atom is -0.491 e. The number of hydrogen-bond donors (Lipinski definition) is 1. The Balaban J connectivity index is 1.82. The first-order chi connectivity index (χ1) is 10.3. The molecular formula is C18H23NO2. The van der Waals surface area contributed by atoms with Gasteiger partial charge in [-0.15, -0.1) is 0 Å². The molecule has 3 nitrogen and oxygen atoms in total. The molecule has 1 aliphatic heterocycles. The lowest BCUT2D eigenvalue weighted by molar-refractivity contribution is 0.187. The van der Waals surface area contributed by atoms with Crippen LogP contribution in [-0.4, -0.2) is 36.2 Å². The van der Waals surface area contributed by atoms with Gasteiger partial charge in [-0.3, -0.25) is 4.90 Å². The molecule has 2 aromatic carbocycles. The van der Waals surface area contributed by atoms with E-state index in [1.54, 1.807) is 6.92 Å². The van der Waals surface area contributed by atoms with Gasteiger partial charge in [0, 0.05) is 17.5 Å². The van der Waals surface area contributed by atoms with Gasteiger partial charge in [0.05, 0.1) is 6.10 Å². The van der Waals surface area contributed by atoms with E-state index in [-0.39, 0.29) is 0 Å². The van der Waals surface area contributed by atoms with Crippen molar-refractivity contribution < 1.29 is 9.84 Å². The van der Waals surface area contributed by atoms with E-state index >= 15 is 0 Å². The molecular weight excluding hydrogens is 262 g/mol. The summed E-state index contributed by atoms with van der Waals surface area (Å²) in [4.78, 5) is 2.44. The molecule has 0 amide bonds. The van der Waals surface area contributed by atoms with Crippen LogP contribution in [0, 0.1) is 0 Å². The number of aliphatic hydroxyl groups excluding tert-OH is 1. The first-order valence-corrected chi connectivity index (χ1v) is 7.80. The fraction of sp³-hybridized carbons (Fsp3) is 0.444. The lowest BCUT2D eigenvalue weighted by Gasteiger charge is -2.19. The van der Waals surface area contributed by atoms with Crippen molar-refractivity contribution in [2.45, 2.75) is 25.9 Å². The highest BCUT2D eigenvalue weighted by Gasteiger charge is 2.15. The molecule has 0 radical (unpaired) electrons. The monoisotopic (exact) mass is 285 g/mol. The van der Waals surface area contributed by atoms with Crippen molar-refractivity contribution in [3.63, 3.8) is 0 Å². The third-order valence-corrected chi connectivity index (χ3v) is 4.21. The van der Waals surface area contributed by atoms with E-state index in [1.807, 2.05) is 24.3 Å². The van der Waals surface area contributed by atoms with Crippen LogP contribution in [0.1, 0.15) is 31.4 Å². The molecule has 0 aliphatic carbocycles. The first kappa shape index (κ1) is 14.4. The maximum atomic E-state index is 9.98. The normalized spacial score (nSPS) is 17.2. The van der Waals surface area contributed by atoms with Gasteiger partial charge in [-0.05, 0) is 38.2 Å². The van der Waals surface area contributed by atoms with Crippen LogP contribution < -0.4 is 4.74 Å². The van der Waals surface area contributed by atoms with E-state index < -0.39 is 6.10 Å². The number of fused-ring (bicyclic) bond motifs is 1. The average Bonchev–Trinajstić information content (AvgIpc) is 3.00. The SMILES string of the molecule is CC(O)c1ccc2ccccc2c1OCCN1CCCC1. The van der Waals surface area contributed by atoms with Crippen LogP contribution in [0.5, 0.6) is 5.75 Å². The Labute approximate surface area is 126 Å². The van der Waals surface area contributed by atoms with E-state index in [0.29, 0.717) is 6.61 Å². The molecule has 2 aromatic rings. The van der Waals surface area contributed by atoms with Crippen LogP contribution >= 0.6 is 0 Å². The molecule has 0 aromatic heterocycles. The molecule has 1 aliphatic rings. The highest BCUT2D eigenvalue weighted by Crippen LogP contribution is 2.33. The van der Waals surface area contributed by atoms with Gasteiger partial charge in [-0.1, -0.05) is 36.4 Å². The smallest absolute Gasteiger partial charge is 0.132 e. The lowest BCUT2D eigenvalue weighted by Crippen LogP contribution is -2.25. The molecule has 1 fully saturated rings. The second-order valence-corrected chi connectivity index (χ2v) is 5.78. The second-order valence-electron chi connectivity index (χ2n) is 5.78. The number of benzene rings is 2. The highest BCUT2D eigenvalue weighted by molar-refractivity contribution is 5.89. The molecule has 3 rings (SSSR count). The molecule has 1 saturated heterocycles. The van der Waals surface area contributed by atoms with Crippen molar-refractivity contribution in [1.29, 1.82) is 0 Å². The molecule has 1 atom stereocenters. The van der Waals surface area contributed by atoms with E-state index in [2.05, 4.69) is 17.0 Å². The van der Waals surface area contributed by atoms with Crippen LogP contribution in [0.2, 0.25) is 0 Å². The minimum atomic E-state index is -0.517. The molecule has 1 N–H and O–H groups in total. The third kappa shape index (κ3) is 3.20. The molecule has 0 bridgehead atoms. The van der Waals surface area contributed by atoms with Crippen molar-refractivity contribution >= 4 is 10.8 Å². The molecule has 1 unspecified atom stereocenters. The number of ether oxygens (including phenoxy) is 1. The van der Waals surface area contributed by atoms with Gasteiger partial charge in [-0.2, -0.15) is 0 Å². The van der Waals surface area contributed by atoms with E-state index in [4.69, 9.17) is 4.74 Å². The molecule has 0 spiro atoms. The Bertz CT molecular complexity index is 603. The lowest BCUT2D eigenvalue weighted by atomic mass is 10.0. The topological polar surface area (TPSA) is 32.7 Å². The minimum absolute atomic E-state index is 0.517. The summed E-state index contributed by atoms with van der Waals surface area (Å²) in [5.74, 6) is 0.835. The quantitative estimate of drug-likeness (QED) is 0.914. The van der Waals surface area contributed by atoms with Crippen molar-refractivity contribution in [3.8, 4) is 5.75 Å². The number of rotatable bonds is 5. The third-order valence-electron chi connectivity index (χ3n) is 4.21. The van der Waals surface area contributed by atoms with Crippen LogP contribution in [-0.2, 0) is 0 Å². The van der Waals surface area contributed by atoms with E-state index in [1.165, 1.54) is 25.9 Å². The Morgan fingerprint density at radius 3 is 2.67 bits per heavy atom. The summed E-state index contributed by atoms with van der Waals surface area (Å²) in [5.41, 5.74) is 0.870. The van der Waals surface area contributed by atoms with Gasteiger partial charge in [0.2, 0.25) is 0 Å². The second kappa shape index (κ2) is 6.46. The molecule has 1 heterocycles. The summed E-state index contributed by atoms with van der Waals surface area (Å²) >= 11 is 0. The number of hydrogen-bond acceptors (Lipinski definition) is 3. The number of aliphatic hydroxyl groups is 1. The van der Waals surface area contributed by atoms with Gasteiger partial charge in [0.25, 0.3) is 0 Å². The summed E-state index contributed by atoms with van der Waals surface area (Å²) in [6.45, 7) is 5.79. The van der Waals surface area contributed by atoms with Gasteiger partial charge < -0.3 is 9.84 Å². The standard InChI is InChI=1S/C18H23NO2/c1-14(20)16-9-8-15-6-2-3-7-17(15)18(16)21-13-12-19-10-4-5-11-19/h2-3,6-9,14,20H,4-5,10-13H2,1H3. The summed E-state index contributed by atoms with van der Waals surface area (Å²) in [6.07, 6.45) is 2.08. The Hall–Kier alpha value is -1.58. The average molecular weight is 285 g/mol. The predicted octanol–water partition coefficient (Wildman–Crippen LogP) is 3.37. The van der Waals surface area contributed by atoms with Gasteiger partial charge in [0.15, 0.2) is 0 Å². The van der Waals surface area contributed by atoms with Crippen LogP contribution in [0.3, 0.4) is 0 Å².